The molecule has 1 aromatic rings. The van der Waals surface area contributed by atoms with Crippen LogP contribution in [0.3, 0.4) is 0 Å². The molecule has 3 N–H and O–H groups in total. The van der Waals surface area contributed by atoms with Gasteiger partial charge in [0.1, 0.15) is 0 Å². The largest absolute Gasteiger partial charge is 0.349 e. The van der Waals surface area contributed by atoms with Gasteiger partial charge >= 0.3 is 0 Å². The highest BCUT2D eigenvalue weighted by atomic mass is 16.2. The average Bonchev–Trinajstić information content (AvgIpc) is 3.27. The SMILES string of the molecule is CC1CNCCC1NC(=O)c1cccc(NC(=O)C2CC2C)c1. The zero-order valence-electron chi connectivity index (χ0n) is 13.8. The van der Waals surface area contributed by atoms with E-state index in [4.69, 9.17) is 0 Å². The van der Waals surface area contributed by atoms with E-state index >= 15 is 0 Å². The first-order valence-corrected chi connectivity index (χ1v) is 8.47. The predicted octanol–water partition coefficient (Wildman–Crippen LogP) is 2.01. The van der Waals surface area contributed by atoms with Crippen LogP contribution in [-0.2, 0) is 4.79 Å². The molecule has 5 nitrogen and oxygen atoms in total. The Hall–Kier alpha value is -1.88. The number of piperidine rings is 1. The molecule has 2 amide bonds. The predicted molar refractivity (Wildman–Crippen MR) is 90.2 cm³/mol. The summed E-state index contributed by atoms with van der Waals surface area (Å²) in [5.74, 6) is 1.01. The van der Waals surface area contributed by atoms with E-state index in [9.17, 15) is 9.59 Å². The molecule has 2 aliphatic rings. The molecule has 4 unspecified atom stereocenters. The first-order chi connectivity index (χ1) is 11.0. The average molecular weight is 315 g/mol. The van der Waals surface area contributed by atoms with Crippen molar-refractivity contribution in [1.29, 1.82) is 0 Å². The molecule has 1 aromatic carbocycles. The number of rotatable bonds is 4. The van der Waals surface area contributed by atoms with Crippen LogP contribution < -0.4 is 16.0 Å². The van der Waals surface area contributed by atoms with Crippen LogP contribution in [-0.4, -0.2) is 30.9 Å². The van der Waals surface area contributed by atoms with Crippen LogP contribution in [0.2, 0.25) is 0 Å². The van der Waals surface area contributed by atoms with Gasteiger partial charge in [0.15, 0.2) is 0 Å². The molecule has 1 saturated carbocycles. The number of nitrogens with one attached hydrogen (secondary N) is 3. The molecule has 3 rings (SSSR count). The molecule has 23 heavy (non-hydrogen) atoms. The van der Waals surface area contributed by atoms with Gasteiger partial charge in [-0.05, 0) is 56.0 Å². The molecule has 1 heterocycles. The Morgan fingerprint density at radius 3 is 2.70 bits per heavy atom. The summed E-state index contributed by atoms with van der Waals surface area (Å²) >= 11 is 0. The molecule has 0 spiro atoms. The molecule has 5 heteroatoms. The van der Waals surface area contributed by atoms with Crippen LogP contribution >= 0.6 is 0 Å². The summed E-state index contributed by atoms with van der Waals surface area (Å²) in [6.07, 6.45) is 1.91. The van der Waals surface area contributed by atoms with Crippen LogP contribution in [0.15, 0.2) is 24.3 Å². The highest BCUT2D eigenvalue weighted by Gasteiger charge is 2.39. The van der Waals surface area contributed by atoms with E-state index in [0.29, 0.717) is 23.1 Å². The zero-order chi connectivity index (χ0) is 16.4. The van der Waals surface area contributed by atoms with Crippen molar-refractivity contribution in [2.45, 2.75) is 32.7 Å². The summed E-state index contributed by atoms with van der Waals surface area (Å²) in [5, 5.41) is 9.36. The highest BCUT2D eigenvalue weighted by molar-refractivity contribution is 5.98. The van der Waals surface area contributed by atoms with E-state index < -0.39 is 0 Å². The third-order valence-corrected chi connectivity index (χ3v) is 4.94. The molecular weight excluding hydrogens is 290 g/mol. The van der Waals surface area contributed by atoms with Crippen LogP contribution in [0.25, 0.3) is 0 Å². The summed E-state index contributed by atoms with van der Waals surface area (Å²) in [6.45, 7) is 6.09. The van der Waals surface area contributed by atoms with Crippen molar-refractivity contribution < 1.29 is 9.59 Å². The van der Waals surface area contributed by atoms with Gasteiger partial charge in [-0.15, -0.1) is 0 Å². The van der Waals surface area contributed by atoms with Gasteiger partial charge in [0.2, 0.25) is 5.91 Å². The van der Waals surface area contributed by atoms with Crippen molar-refractivity contribution in [3.8, 4) is 0 Å². The first-order valence-electron chi connectivity index (χ1n) is 8.47. The monoisotopic (exact) mass is 315 g/mol. The van der Waals surface area contributed by atoms with E-state index in [2.05, 4.69) is 29.8 Å². The van der Waals surface area contributed by atoms with Crippen LogP contribution in [0.4, 0.5) is 5.69 Å². The normalized spacial score (nSPS) is 29.7. The smallest absolute Gasteiger partial charge is 0.251 e. The minimum absolute atomic E-state index is 0.0574. The maximum Gasteiger partial charge on any atom is 0.251 e. The lowest BCUT2D eigenvalue weighted by molar-refractivity contribution is -0.117. The van der Waals surface area contributed by atoms with E-state index in [0.717, 1.165) is 25.9 Å². The van der Waals surface area contributed by atoms with Crippen LogP contribution in [0.5, 0.6) is 0 Å². The Kier molecular flexibility index (Phi) is 4.66. The van der Waals surface area contributed by atoms with Crippen molar-refractivity contribution in [2.24, 2.45) is 17.8 Å². The Morgan fingerprint density at radius 1 is 1.22 bits per heavy atom. The Labute approximate surface area is 137 Å². The lowest BCUT2D eigenvalue weighted by Gasteiger charge is -2.30. The molecule has 1 saturated heterocycles. The second kappa shape index (κ2) is 6.71. The summed E-state index contributed by atoms with van der Waals surface area (Å²) < 4.78 is 0. The first kappa shape index (κ1) is 16.0. The molecule has 0 aromatic heterocycles. The summed E-state index contributed by atoms with van der Waals surface area (Å²) in [5.41, 5.74) is 1.29. The van der Waals surface area contributed by atoms with Crippen molar-refractivity contribution in [3.05, 3.63) is 29.8 Å². The van der Waals surface area contributed by atoms with Crippen molar-refractivity contribution in [2.75, 3.05) is 18.4 Å². The van der Waals surface area contributed by atoms with E-state index in [1.54, 1.807) is 12.1 Å². The minimum atomic E-state index is -0.0698. The van der Waals surface area contributed by atoms with Crippen LogP contribution in [0, 0.1) is 17.8 Å². The molecule has 0 bridgehead atoms. The van der Waals surface area contributed by atoms with Gasteiger partial charge in [0.05, 0.1) is 0 Å². The van der Waals surface area contributed by atoms with Gasteiger partial charge in [-0.1, -0.05) is 19.9 Å². The quantitative estimate of drug-likeness (QED) is 0.796. The molecule has 124 valence electrons. The van der Waals surface area contributed by atoms with Crippen molar-refractivity contribution in [3.63, 3.8) is 0 Å². The standard InChI is InChI=1S/C18H25N3O2/c1-11-8-15(11)18(23)20-14-5-3-4-13(9-14)17(22)21-16-6-7-19-10-12(16)2/h3-5,9,11-12,15-16,19H,6-8,10H2,1-2H3,(H,20,23)(H,21,22). The summed E-state index contributed by atoms with van der Waals surface area (Å²) in [7, 11) is 0. The second-order valence-electron chi connectivity index (χ2n) is 6.94. The number of hydrogen-bond donors (Lipinski definition) is 3. The third kappa shape index (κ3) is 3.91. The summed E-state index contributed by atoms with van der Waals surface area (Å²) in [4.78, 5) is 24.5. The number of amides is 2. The molecule has 4 atom stereocenters. The maximum absolute atomic E-state index is 12.5. The molecule has 1 aliphatic carbocycles. The number of benzene rings is 1. The third-order valence-electron chi connectivity index (χ3n) is 4.94. The fraction of sp³-hybridized carbons (Fsp3) is 0.556. The summed E-state index contributed by atoms with van der Waals surface area (Å²) in [6, 6.07) is 7.39. The van der Waals surface area contributed by atoms with Gasteiger partial charge in [0.25, 0.3) is 5.91 Å². The van der Waals surface area contributed by atoms with Gasteiger partial charge in [-0.25, -0.2) is 0 Å². The molecule has 2 fully saturated rings. The Morgan fingerprint density at radius 2 is 2.00 bits per heavy atom. The van der Waals surface area contributed by atoms with Gasteiger partial charge in [-0.2, -0.15) is 0 Å². The van der Waals surface area contributed by atoms with Crippen molar-refractivity contribution in [1.82, 2.24) is 10.6 Å². The highest BCUT2D eigenvalue weighted by Crippen LogP contribution is 2.38. The fourth-order valence-electron chi connectivity index (χ4n) is 3.14. The number of hydrogen-bond acceptors (Lipinski definition) is 3. The second-order valence-corrected chi connectivity index (χ2v) is 6.94. The van der Waals surface area contributed by atoms with Crippen molar-refractivity contribution >= 4 is 17.5 Å². The van der Waals surface area contributed by atoms with Gasteiger partial charge < -0.3 is 16.0 Å². The Balaban J connectivity index is 1.62. The lowest BCUT2D eigenvalue weighted by Crippen LogP contribution is -2.48. The minimum Gasteiger partial charge on any atom is -0.349 e. The number of carbonyl (C=O) groups excluding carboxylic acids is 2. The molecular formula is C18H25N3O2. The van der Waals surface area contributed by atoms with Gasteiger partial charge in [0, 0.05) is 23.2 Å². The lowest BCUT2D eigenvalue weighted by atomic mass is 9.95. The van der Waals surface area contributed by atoms with Gasteiger partial charge in [-0.3, -0.25) is 9.59 Å². The molecule has 0 radical (unpaired) electrons. The number of anilines is 1. The van der Waals surface area contributed by atoms with E-state index in [1.165, 1.54) is 0 Å². The van der Waals surface area contributed by atoms with E-state index in [-0.39, 0.29) is 23.8 Å². The van der Waals surface area contributed by atoms with E-state index in [1.807, 2.05) is 12.1 Å². The fourth-order valence-corrected chi connectivity index (χ4v) is 3.14. The molecule has 1 aliphatic heterocycles. The topological polar surface area (TPSA) is 70.2 Å². The van der Waals surface area contributed by atoms with Crippen LogP contribution in [0.1, 0.15) is 37.0 Å². The Bertz CT molecular complexity index is 602. The maximum atomic E-state index is 12.5. The number of carbonyl (C=O) groups is 2. The zero-order valence-corrected chi connectivity index (χ0v) is 13.8.